The summed E-state index contributed by atoms with van der Waals surface area (Å²) in [5, 5.41) is 5.48. The lowest BCUT2D eigenvalue weighted by molar-refractivity contribution is -0.120. The van der Waals surface area contributed by atoms with E-state index in [1.807, 2.05) is 0 Å². The first-order valence-corrected chi connectivity index (χ1v) is 7.51. The molecular formula is C10H18N2O3S. The van der Waals surface area contributed by atoms with Gasteiger partial charge in [-0.2, -0.15) is 0 Å². The van der Waals surface area contributed by atoms with E-state index >= 15 is 0 Å². The lowest BCUT2D eigenvalue weighted by Crippen LogP contribution is -2.39. The summed E-state index contributed by atoms with van der Waals surface area (Å²) in [6, 6.07) is 0.365. The molecule has 1 aliphatic heterocycles. The minimum absolute atomic E-state index is 0.0297. The van der Waals surface area contributed by atoms with Crippen molar-refractivity contribution in [2.24, 2.45) is 0 Å². The Morgan fingerprint density at radius 1 is 1.25 bits per heavy atom. The van der Waals surface area contributed by atoms with Gasteiger partial charge >= 0.3 is 0 Å². The number of nitrogens with one attached hydrogen (secondary N) is 2. The molecule has 0 aromatic carbocycles. The molecule has 5 nitrogen and oxygen atoms in total. The van der Waals surface area contributed by atoms with Gasteiger partial charge in [0.1, 0.15) is 0 Å². The summed E-state index contributed by atoms with van der Waals surface area (Å²) < 4.78 is 23.0. The Kier molecular flexibility index (Phi) is 3.49. The monoisotopic (exact) mass is 246 g/mol. The molecule has 92 valence electrons. The third-order valence-electron chi connectivity index (χ3n) is 3.06. The number of amides is 1. The fourth-order valence-corrected chi connectivity index (χ4v) is 3.74. The van der Waals surface area contributed by atoms with Gasteiger partial charge in [0.2, 0.25) is 5.91 Å². The van der Waals surface area contributed by atoms with Crippen molar-refractivity contribution in [3.05, 3.63) is 0 Å². The summed E-state index contributed by atoms with van der Waals surface area (Å²) in [7, 11) is -2.89. The van der Waals surface area contributed by atoms with Gasteiger partial charge in [0.25, 0.3) is 0 Å². The second-order valence-corrected chi connectivity index (χ2v) is 7.00. The van der Waals surface area contributed by atoms with Crippen LogP contribution < -0.4 is 10.6 Å². The van der Waals surface area contributed by atoms with Crippen molar-refractivity contribution in [3.8, 4) is 0 Å². The van der Waals surface area contributed by atoms with E-state index in [1.54, 1.807) is 0 Å². The van der Waals surface area contributed by atoms with E-state index in [0.29, 0.717) is 18.3 Å². The van der Waals surface area contributed by atoms with Crippen LogP contribution in [0.25, 0.3) is 0 Å². The van der Waals surface area contributed by atoms with Crippen LogP contribution >= 0.6 is 0 Å². The van der Waals surface area contributed by atoms with Crippen molar-refractivity contribution in [3.63, 3.8) is 0 Å². The highest BCUT2D eigenvalue weighted by molar-refractivity contribution is 7.92. The van der Waals surface area contributed by atoms with Gasteiger partial charge in [0.15, 0.2) is 9.84 Å². The second-order valence-electron chi connectivity index (χ2n) is 4.60. The Balaban J connectivity index is 1.65. The molecule has 2 fully saturated rings. The van der Waals surface area contributed by atoms with Crippen LogP contribution in [0.5, 0.6) is 0 Å². The third-order valence-corrected chi connectivity index (χ3v) is 5.34. The van der Waals surface area contributed by atoms with Crippen molar-refractivity contribution in [2.75, 3.05) is 18.8 Å². The fraction of sp³-hybridized carbons (Fsp3) is 0.900. The largest absolute Gasteiger partial charge is 0.352 e. The normalized spacial score (nSPS) is 27.9. The standard InChI is InChI=1S/C10H18N2O3S/c13-10(12-8-3-4-8)7-11-6-9-2-1-5-16(9,14)15/h8-9,11H,1-7H2,(H,12,13). The molecule has 1 unspecified atom stereocenters. The Hall–Kier alpha value is -0.620. The van der Waals surface area contributed by atoms with E-state index in [4.69, 9.17) is 0 Å². The average Bonchev–Trinajstić information content (AvgIpc) is 2.93. The first kappa shape index (κ1) is 11.9. The lowest BCUT2D eigenvalue weighted by Gasteiger charge is -2.10. The lowest BCUT2D eigenvalue weighted by atomic mass is 10.2. The number of hydrogen-bond donors (Lipinski definition) is 2. The Labute approximate surface area is 95.9 Å². The molecule has 1 atom stereocenters. The van der Waals surface area contributed by atoms with Crippen LogP contribution in [-0.4, -0.2) is 44.5 Å². The van der Waals surface area contributed by atoms with Crippen LogP contribution in [0.15, 0.2) is 0 Å². The highest BCUT2D eigenvalue weighted by Gasteiger charge is 2.30. The van der Waals surface area contributed by atoms with Crippen LogP contribution in [0.1, 0.15) is 25.7 Å². The third kappa shape index (κ3) is 3.18. The Morgan fingerprint density at radius 2 is 2.00 bits per heavy atom. The molecule has 1 saturated heterocycles. The van der Waals surface area contributed by atoms with E-state index in [2.05, 4.69) is 10.6 Å². The zero-order valence-electron chi connectivity index (χ0n) is 9.24. The highest BCUT2D eigenvalue weighted by atomic mass is 32.2. The molecule has 0 aromatic rings. The van der Waals surface area contributed by atoms with Crippen molar-refractivity contribution in [1.29, 1.82) is 0 Å². The minimum Gasteiger partial charge on any atom is -0.352 e. The molecule has 2 aliphatic rings. The molecule has 2 N–H and O–H groups in total. The van der Waals surface area contributed by atoms with Gasteiger partial charge in [-0.15, -0.1) is 0 Å². The average molecular weight is 246 g/mol. The summed E-state index contributed by atoms with van der Waals surface area (Å²) in [6.45, 7) is 0.628. The summed E-state index contributed by atoms with van der Waals surface area (Å²) in [5.74, 6) is 0.269. The van der Waals surface area contributed by atoms with Crippen LogP contribution in [0, 0.1) is 0 Å². The van der Waals surface area contributed by atoms with E-state index in [1.165, 1.54) is 0 Å². The van der Waals surface area contributed by atoms with Gasteiger partial charge in [-0.1, -0.05) is 0 Å². The molecule has 0 spiro atoms. The zero-order chi connectivity index (χ0) is 11.6. The molecule has 6 heteroatoms. The first-order valence-electron chi connectivity index (χ1n) is 5.79. The van der Waals surface area contributed by atoms with Crippen molar-refractivity contribution in [1.82, 2.24) is 10.6 Å². The number of carbonyl (C=O) groups is 1. The molecule has 0 bridgehead atoms. The molecule has 2 rings (SSSR count). The molecule has 1 aliphatic carbocycles. The Bertz CT molecular complexity index is 362. The van der Waals surface area contributed by atoms with Gasteiger partial charge in [0.05, 0.1) is 17.5 Å². The number of sulfone groups is 1. The second kappa shape index (κ2) is 4.71. The van der Waals surface area contributed by atoms with E-state index < -0.39 is 9.84 Å². The zero-order valence-corrected chi connectivity index (χ0v) is 10.1. The predicted octanol–water partition coefficient (Wildman–Crippen LogP) is -0.568. The van der Waals surface area contributed by atoms with Crippen LogP contribution in [-0.2, 0) is 14.6 Å². The smallest absolute Gasteiger partial charge is 0.234 e. The molecule has 1 saturated carbocycles. The predicted molar refractivity (Wildman–Crippen MR) is 60.8 cm³/mol. The number of rotatable bonds is 5. The quantitative estimate of drug-likeness (QED) is 0.681. The van der Waals surface area contributed by atoms with Crippen LogP contribution in [0.3, 0.4) is 0 Å². The van der Waals surface area contributed by atoms with E-state index in [0.717, 1.165) is 25.7 Å². The van der Waals surface area contributed by atoms with Crippen LogP contribution in [0.2, 0.25) is 0 Å². The van der Waals surface area contributed by atoms with Gasteiger partial charge in [-0.3, -0.25) is 4.79 Å². The summed E-state index contributed by atoms with van der Waals surface area (Å²) in [5.41, 5.74) is 0. The summed E-state index contributed by atoms with van der Waals surface area (Å²) in [4.78, 5) is 11.3. The summed E-state index contributed by atoms with van der Waals surface area (Å²) >= 11 is 0. The fourth-order valence-electron chi connectivity index (χ4n) is 1.94. The minimum atomic E-state index is -2.89. The van der Waals surface area contributed by atoms with Gasteiger partial charge in [-0.05, 0) is 25.7 Å². The molecular weight excluding hydrogens is 228 g/mol. The van der Waals surface area contributed by atoms with E-state index in [-0.39, 0.29) is 17.7 Å². The molecule has 1 heterocycles. The maximum absolute atomic E-state index is 11.5. The van der Waals surface area contributed by atoms with Crippen LogP contribution in [0.4, 0.5) is 0 Å². The summed E-state index contributed by atoms with van der Waals surface area (Å²) in [6.07, 6.45) is 3.62. The van der Waals surface area contributed by atoms with Crippen molar-refractivity contribution >= 4 is 15.7 Å². The van der Waals surface area contributed by atoms with Crippen molar-refractivity contribution < 1.29 is 13.2 Å². The number of carbonyl (C=O) groups excluding carboxylic acids is 1. The molecule has 0 radical (unpaired) electrons. The van der Waals surface area contributed by atoms with Gasteiger partial charge in [0, 0.05) is 12.6 Å². The maximum Gasteiger partial charge on any atom is 0.234 e. The molecule has 1 amide bonds. The highest BCUT2D eigenvalue weighted by Crippen LogP contribution is 2.19. The first-order chi connectivity index (χ1) is 7.58. The maximum atomic E-state index is 11.5. The molecule has 0 aromatic heterocycles. The number of hydrogen-bond acceptors (Lipinski definition) is 4. The molecule has 16 heavy (non-hydrogen) atoms. The van der Waals surface area contributed by atoms with Gasteiger partial charge < -0.3 is 10.6 Å². The van der Waals surface area contributed by atoms with Crippen molar-refractivity contribution in [2.45, 2.75) is 37.0 Å². The van der Waals surface area contributed by atoms with E-state index in [9.17, 15) is 13.2 Å². The Morgan fingerprint density at radius 3 is 2.56 bits per heavy atom. The topological polar surface area (TPSA) is 75.3 Å². The van der Waals surface area contributed by atoms with Gasteiger partial charge in [-0.25, -0.2) is 8.42 Å². The SMILES string of the molecule is O=C(CNCC1CCCS1(=O)=O)NC1CC1.